The average molecular weight is 252 g/mol. The van der Waals surface area contributed by atoms with E-state index >= 15 is 0 Å². The highest BCUT2D eigenvalue weighted by Gasteiger charge is 2.06. The highest BCUT2D eigenvalue weighted by molar-refractivity contribution is 6.32. The van der Waals surface area contributed by atoms with Gasteiger partial charge in [0.05, 0.1) is 5.02 Å². The van der Waals surface area contributed by atoms with E-state index in [1.807, 2.05) is 13.0 Å². The van der Waals surface area contributed by atoms with Crippen LogP contribution in [0.2, 0.25) is 5.02 Å². The van der Waals surface area contributed by atoms with Crippen molar-refractivity contribution in [1.29, 1.82) is 0 Å². The van der Waals surface area contributed by atoms with Crippen LogP contribution in [0.25, 0.3) is 0 Å². The van der Waals surface area contributed by atoms with Gasteiger partial charge in [-0.25, -0.2) is 4.39 Å². The summed E-state index contributed by atoms with van der Waals surface area (Å²) >= 11 is 6.00. The molecule has 2 aromatic rings. The van der Waals surface area contributed by atoms with Gasteiger partial charge in [0.15, 0.2) is 0 Å². The predicted octanol–water partition coefficient (Wildman–Crippen LogP) is 3.76. The molecule has 2 rings (SSSR count). The van der Waals surface area contributed by atoms with Crippen LogP contribution < -0.4 is 4.74 Å². The zero-order chi connectivity index (χ0) is 12.3. The number of ether oxygens (including phenoxy) is 1. The lowest BCUT2D eigenvalue weighted by Gasteiger charge is -2.08. The summed E-state index contributed by atoms with van der Waals surface area (Å²) in [5.74, 6) is 0.151. The second kappa shape index (κ2) is 5.15. The number of aromatic nitrogens is 1. The summed E-state index contributed by atoms with van der Waals surface area (Å²) in [5.41, 5.74) is 1.32. The Kier molecular flexibility index (Phi) is 3.59. The quantitative estimate of drug-likeness (QED) is 0.829. The lowest BCUT2D eigenvalue weighted by Crippen LogP contribution is -2.01. The van der Waals surface area contributed by atoms with Crippen molar-refractivity contribution in [3.8, 4) is 5.75 Å². The van der Waals surface area contributed by atoms with E-state index in [-0.39, 0.29) is 18.1 Å². The Morgan fingerprint density at radius 1 is 1.35 bits per heavy atom. The number of nitrogens with zero attached hydrogens (tertiary/aromatic N) is 1. The minimum absolute atomic E-state index is 0.0649. The van der Waals surface area contributed by atoms with E-state index in [9.17, 15) is 4.39 Å². The maximum Gasteiger partial charge on any atom is 0.148 e. The van der Waals surface area contributed by atoms with Gasteiger partial charge in [-0.05, 0) is 36.8 Å². The summed E-state index contributed by atoms with van der Waals surface area (Å²) < 4.78 is 18.7. The molecule has 0 saturated heterocycles. The maximum absolute atomic E-state index is 13.3. The Labute approximate surface area is 104 Å². The van der Waals surface area contributed by atoms with Crippen LogP contribution in [0.4, 0.5) is 4.39 Å². The summed E-state index contributed by atoms with van der Waals surface area (Å²) in [6.07, 6.45) is 1.53. The standard InChI is InChI=1S/C13H11ClFNO/c1-9-4-5-13(10(14)7-9)17-8-12-11(15)3-2-6-16-12/h2-7H,8H2,1H3. The van der Waals surface area contributed by atoms with Crippen molar-refractivity contribution in [3.63, 3.8) is 0 Å². The van der Waals surface area contributed by atoms with Gasteiger partial charge in [0, 0.05) is 6.20 Å². The number of aryl methyl sites for hydroxylation is 1. The van der Waals surface area contributed by atoms with Crippen LogP contribution in [-0.2, 0) is 6.61 Å². The zero-order valence-corrected chi connectivity index (χ0v) is 10.0. The van der Waals surface area contributed by atoms with Gasteiger partial charge in [0.1, 0.15) is 23.9 Å². The van der Waals surface area contributed by atoms with E-state index < -0.39 is 0 Å². The molecule has 0 saturated carbocycles. The van der Waals surface area contributed by atoms with Gasteiger partial charge in [0.25, 0.3) is 0 Å². The molecule has 0 unspecified atom stereocenters. The topological polar surface area (TPSA) is 22.1 Å². The zero-order valence-electron chi connectivity index (χ0n) is 9.28. The van der Waals surface area contributed by atoms with Crippen molar-refractivity contribution in [2.75, 3.05) is 0 Å². The number of rotatable bonds is 3. The minimum Gasteiger partial charge on any atom is -0.486 e. The van der Waals surface area contributed by atoms with E-state index in [2.05, 4.69) is 4.98 Å². The molecule has 0 atom stereocenters. The molecule has 0 aliphatic rings. The molecule has 1 aromatic heterocycles. The average Bonchev–Trinajstić information content (AvgIpc) is 2.30. The van der Waals surface area contributed by atoms with Crippen molar-refractivity contribution < 1.29 is 9.13 Å². The Hall–Kier alpha value is -1.61. The first-order valence-electron chi connectivity index (χ1n) is 5.15. The first kappa shape index (κ1) is 11.9. The number of hydrogen-bond donors (Lipinski definition) is 0. The van der Waals surface area contributed by atoms with Crippen molar-refractivity contribution in [2.24, 2.45) is 0 Å². The first-order valence-corrected chi connectivity index (χ1v) is 5.53. The molecule has 17 heavy (non-hydrogen) atoms. The third-order valence-electron chi connectivity index (χ3n) is 2.29. The molecule has 0 amide bonds. The third kappa shape index (κ3) is 2.94. The van der Waals surface area contributed by atoms with Crippen LogP contribution in [0.5, 0.6) is 5.75 Å². The highest BCUT2D eigenvalue weighted by atomic mass is 35.5. The number of benzene rings is 1. The lowest BCUT2D eigenvalue weighted by molar-refractivity contribution is 0.294. The van der Waals surface area contributed by atoms with Gasteiger partial charge in [-0.15, -0.1) is 0 Å². The molecule has 88 valence electrons. The fourth-order valence-electron chi connectivity index (χ4n) is 1.39. The van der Waals surface area contributed by atoms with Gasteiger partial charge in [-0.2, -0.15) is 0 Å². The molecule has 0 fully saturated rings. The maximum atomic E-state index is 13.3. The van der Waals surface area contributed by atoms with E-state index in [0.29, 0.717) is 10.8 Å². The van der Waals surface area contributed by atoms with E-state index in [1.165, 1.54) is 18.3 Å². The van der Waals surface area contributed by atoms with Crippen molar-refractivity contribution in [2.45, 2.75) is 13.5 Å². The second-order valence-corrected chi connectivity index (χ2v) is 4.06. The molecule has 0 spiro atoms. The lowest BCUT2D eigenvalue weighted by atomic mass is 10.2. The molecule has 1 aromatic carbocycles. The summed E-state index contributed by atoms with van der Waals surface area (Å²) in [6, 6.07) is 8.33. The smallest absolute Gasteiger partial charge is 0.148 e. The molecule has 2 nitrogen and oxygen atoms in total. The van der Waals surface area contributed by atoms with Crippen molar-refractivity contribution in [1.82, 2.24) is 4.98 Å². The number of halogens is 2. The molecule has 0 aliphatic carbocycles. The van der Waals surface area contributed by atoms with Gasteiger partial charge in [-0.1, -0.05) is 17.7 Å². The van der Waals surface area contributed by atoms with Crippen LogP contribution in [0.3, 0.4) is 0 Å². The molecule has 0 N–H and O–H groups in total. The fourth-order valence-corrected chi connectivity index (χ4v) is 1.68. The Morgan fingerprint density at radius 3 is 2.88 bits per heavy atom. The monoisotopic (exact) mass is 251 g/mol. The summed E-state index contributed by atoms with van der Waals surface area (Å²) in [4.78, 5) is 3.90. The fraction of sp³-hybridized carbons (Fsp3) is 0.154. The third-order valence-corrected chi connectivity index (χ3v) is 2.58. The summed E-state index contributed by atoms with van der Waals surface area (Å²) in [7, 11) is 0. The normalized spacial score (nSPS) is 10.3. The molecule has 0 aliphatic heterocycles. The van der Waals surface area contributed by atoms with E-state index in [4.69, 9.17) is 16.3 Å². The van der Waals surface area contributed by atoms with Gasteiger partial charge in [0.2, 0.25) is 0 Å². The van der Waals surface area contributed by atoms with E-state index in [0.717, 1.165) is 5.56 Å². The minimum atomic E-state index is -0.379. The Balaban J connectivity index is 2.10. The highest BCUT2D eigenvalue weighted by Crippen LogP contribution is 2.25. The molecule has 1 heterocycles. The van der Waals surface area contributed by atoms with Gasteiger partial charge < -0.3 is 4.74 Å². The Bertz CT molecular complexity index is 531. The van der Waals surface area contributed by atoms with Gasteiger partial charge >= 0.3 is 0 Å². The molecule has 4 heteroatoms. The van der Waals surface area contributed by atoms with Crippen molar-refractivity contribution in [3.05, 3.63) is 58.6 Å². The molecule has 0 radical (unpaired) electrons. The second-order valence-electron chi connectivity index (χ2n) is 3.65. The molecular weight excluding hydrogens is 241 g/mol. The van der Waals surface area contributed by atoms with Gasteiger partial charge in [-0.3, -0.25) is 4.98 Å². The number of hydrogen-bond acceptors (Lipinski definition) is 2. The molecule has 0 bridgehead atoms. The largest absolute Gasteiger partial charge is 0.486 e. The molecular formula is C13H11ClFNO. The van der Waals surface area contributed by atoms with Crippen LogP contribution >= 0.6 is 11.6 Å². The van der Waals surface area contributed by atoms with Crippen LogP contribution in [0, 0.1) is 12.7 Å². The SMILES string of the molecule is Cc1ccc(OCc2ncccc2F)c(Cl)c1. The van der Waals surface area contributed by atoms with Crippen LogP contribution in [0.1, 0.15) is 11.3 Å². The summed E-state index contributed by atoms with van der Waals surface area (Å²) in [6.45, 7) is 2.00. The summed E-state index contributed by atoms with van der Waals surface area (Å²) in [5, 5.41) is 0.515. The van der Waals surface area contributed by atoms with E-state index in [1.54, 1.807) is 12.1 Å². The predicted molar refractivity (Wildman–Crippen MR) is 64.7 cm³/mol. The van der Waals surface area contributed by atoms with Crippen LogP contribution in [0.15, 0.2) is 36.5 Å². The van der Waals surface area contributed by atoms with Crippen molar-refractivity contribution >= 4 is 11.6 Å². The Morgan fingerprint density at radius 2 is 2.18 bits per heavy atom. The van der Waals surface area contributed by atoms with Crippen LogP contribution in [-0.4, -0.2) is 4.98 Å². The first-order chi connectivity index (χ1) is 8.16. The number of pyridine rings is 1.